The molecule has 1 aliphatic heterocycles. The third-order valence-corrected chi connectivity index (χ3v) is 2.76. The van der Waals surface area contributed by atoms with Crippen molar-refractivity contribution >= 4 is 12.0 Å². The second-order valence-corrected chi connectivity index (χ2v) is 4.23. The number of hydrogen-bond donors (Lipinski definition) is 1. The van der Waals surface area contributed by atoms with Crippen LogP contribution in [0.2, 0.25) is 0 Å². The summed E-state index contributed by atoms with van der Waals surface area (Å²) in [4.78, 5) is 24.4. The first-order valence-corrected chi connectivity index (χ1v) is 6.13. The zero-order chi connectivity index (χ0) is 14.5. The normalized spacial score (nSPS) is 20.0. The number of nitrogens with one attached hydrogen (secondary N) is 1. The lowest BCUT2D eigenvalue weighted by molar-refractivity contribution is -0.149. The standard InChI is InChI=1S/C11H17F3N2O3/c1-2-19-9(17)8-5-3-4-6-16(8)10(18)15-7-11(12,13)14/h8H,2-7H2,1H3,(H,15,18). The summed E-state index contributed by atoms with van der Waals surface area (Å²) in [6.07, 6.45) is -2.65. The van der Waals surface area contributed by atoms with Gasteiger partial charge in [-0.2, -0.15) is 13.2 Å². The first-order chi connectivity index (χ1) is 8.85. The van der Waals surface area contributed by atoms with Crippen molar-refractivity contribution in [2.75, 3.05) is 19.7 Å². The van der Waals surface area contributed by atoms with Crippen LogP contribution in [0.5, 0.6) is 0 Å². The molecule has 1 atom stereocenters. The van der Waals surface area contributed by atoms with E-state index in [1.807, 2.05) is 0 Å². The van der Waals surface area contributed by atoms with Crippen LogP contribution in [0.1, 0.15) is 26.2 Å². The monoisotopic (exact) mass is 282 g/mol. The molecule has 19 heavy (non-hydrogen) atoms. The highest BCUT2D eigenvalue weighted by Gasteiger charge is 2.35. The number of carbonyl (C=O) groups is 2. The Morgan fingerprint density at radius 2 is 2.05 bits per heavy atom. The van der Waals surface area contributed by atoms with Gasteiger partial charge in [-0.1, -0.05) is 0 Å². The van der Waals surface area contributed by atoms with Crippen LogP contribution in [0.25, 0.3) is 0 Å². The van der Waals surface area contributed by atoms with Crippen molar-refractivity contribution in [2.45, 2.75) is 38.4 Å². The summed E-state index contributed by atoms with van der Waals surface area (Å²) in [6, 6.07) is -1.67. The van der Waals surface area contributed by atoms with Crippen molar-refractivity contribution in [1.29, 1.82) is 0 Å². The first-order valence-electron chi connectivity index (χ1n) is 6.13. The van der Waals surface area contributed by atoms with E-state index in [9.17, 15) is 22.8 Å². The highest BCUT2D eigenvalue weighted by atomic mass is 19.4. The van der Waals surface area contributed by atoms with Crippen LogP contribution in [0.3, 0.4) is 0 Å². The van der Waals surface area contributed by atoms with Gasteiger partial charge >= 0.3 is 18.2 Å². The molecule has 0 aromatic rings. The van der Waals surface area contributed by atoms with E-state index in [4.69, 9.17) is 4.74 Å². The van der Waals surface area contributed by atoms with Crippen LogP contribution in [-0.4, -0.2) is 48.8 Å². The Hall–Kier alpha value is -1.47. The highest BCUT2D eigenvalue weighted by Crippen LogP contribution is 2.19. The summed E-state index contributed by atoms with van der Waals surface area (Å²) in [5, 5.41) is 1.77. The summed E-state index contributed by atoms with van der Waals surface area (Å²) < 4.78 is 40.9. The van der Waals surface area contributed by atoms with E-state index in [0.717, 1.165) is 11.3 Å². The lowest BCUT2D eigenvalue weighted by Crippen LogP contribution is -2.53. The van der Waals surface area contributed by atoms with E-state index in [2.05, 4.69) is 0 Å². The fourth-order valence-electron chi connectivity index (χ4n) is 1.94. The second-order valence-electron chi connectivity index (χ2n) is 4.23. The molecule has 1 unspecified atom stereocenters. The number of halogens is 3. The Balaban J connectivity index is 2.61. The Bertz CT molecular complexity index is 334. The average Bonchev–Trinajstić information content (AvgIpc) is 2.35. The summed E-state index contributed by atoms with van der Waals surface area (Å²) >= 11 is 0. The Morgan fingerprint density at radius 3 is 2.63 bits per heavy atom. The number of hydrogen-bond acceptors (Lipinski definition) is 3. The minimum Gasteiger partial charge on any atom is -0.464 e. The number of esters is 1. The van der Waals surface area contributed by atoms with Gasteiger partial charge in [0.2, 0.25) is 0 Å². The zero-order valence-electron chi connectivity index (χ0n) is 10.6. The van der Waals surface area contributed by atoms with Crippen molar-refractivity contribution in [3.05, 3.63) is 0 Å². The van der Waals surface area contributed by atoms with Gasteiger partial charge in [-0.25, -0.2) is 9.59 Å². The molecule has 1 heterocycles. The molecule has 0 saturated carbocycles. The summed E-state index contributed by atoms with van der Waals surface area (Å²) in [5.41, 5.74) is 0. The molecule has 8 heteroatoms. The van der Waals surface area contributed by atoms with Crippen molar-refractivity contribution in [2.24, 2.45) is 0 Å². The molecule has 0 radical (unpaired) electrons. The third-order valence-electron chi connectivity index (χ3n) is 2.76. The van der Waals surface area contributed by atoms with Crippen molar-refractivity contribution < 1.29 is 27.5 Å². The quantitative estimate of drug-likeness (QED) is 0.801. The Kier molecular flexibility index (Phi) is 5.44. The SMILES string of the molecule is CCOC(=O)C1CCCCN1C(=O)NCC(F)(F)F. The first kappa shape index (κ1) is 15.6. The number of alkyl halides is 3. The number of nitrogens with zero attached hydrogens (tertiary/aromatic N) is 1. The van der Waals surface area contributed by atoms with Crippen LogP contribution >= 0.6 is 0 Å². The topological polar surface area (TPSA) is 58.6 Å². The van der Waals surface area contributed by atoms with Crippen molar-refractivity contribution in [3.63, 3.8) is 0 Å². The maximum Gasteiger partial charge on any atom is 0.405 e. The van der Waals surface area contributed by atoms with E-state index >= 15 is 0 Å². The van der Waals surface area contributed by atoms with Gasteiger partial charge in [0.25, 0.3) is 0 Å². The zero-order valence-corrected chi connectivity index (χ0v) is 10.6. The van der Waals surface area contributed by atoms with E-state index in [1.165, 1.54) is 0 Å². The predicted octanol–water partition coefficient (Wildman–Crippen LogP) is 1.68. The van der Waals surface area contributed by atoms with Crippen molar-refractivity contribution in [1.82, 2.24) is 10.2 Å². The number of ether oxygens (including phenoxy) is 1. The fraction of sp³-hybridized carbons (Fsp3) is 0.818. The summed E-state index contributed by atoms with van der Waals surface area (Å²) in [7, 11) is 0. The third kappa shape index (κ3) is 4.96. The van der Waals surface area contributed by atoms with Crippen LogP contribution in [-0.2, 0) is 9.53 Å². The number of piperidine rings is 1. The highest BCUT2D eigenvalue weighted by molar-refractivity contribution is 5.83. The molecular weight excluding hydrogens is 265 g/mol. The molecule has 0 aliphatic carbocycles. The average molecular weight is 282 g/mol. The Labute approximate surface area is 109 Å². The maximum absolute atomic E-state index is 12.0. The van der Waals surface area contributed by atoms with Crippen LogP contribution in [0.15, 0.2) is 0 Å². The molecule has 5 nitrogen and oxygen atoms in total. The number of likely N-dealkylation sites (tertiary alicyclic amines) is 1. The molecule has 1 fully saturated rings. The largest absolute Gasteiger partial charge is 0.464 e. The van der Waals surface area contributed by atoms with E-state index in [0.29, 0.717) is 12.8 Å². The van der Waals surface area contributed by atoms with E-state index in [-0.39, 0.29) is 13.2 Å². The van der Waals surface area contributed by atoms with Gasteiger partial charge in [-0.3, -0.25) is 0 Å². The minimum absolute atomic E-state index is 0.174. The summed E-state index contributed by atoms with van der Waals surface area (Å²) in [6.45, 7) is 0.660. The van der Waals surface area contributed by atoms with Crippen LogP contribution in [0, 0.1) is 0 Å². The number of amides is 2. The van der Waals surface area contributed by atoms with Gasteiger partial charge in [0.05, 0.1) is 6.61 Å². The van der Waals surface area contributed by atoms with Gasteiger partial charge in [-0.15, -0.1) is 0 Å². The Morgan fingerprint density at radius 1 is 1.37 bits per heavy atom. The molecule has 0 aromatic heterocycles. The molecule has 0 aromatic carbocycles. The minimum atomic E-state index is -4.47. The van der Waals surface area contributed by atoms with Gasteiger partial charge in [0, 0.05) is 6.54 Å². The molecule has 2 amide bonds. The molecular formula is C11H17F3N2O3. The van der Waals surface area contributed by atoms with E-state index < -0.39 is 30.8 Å². The number of urea groups is 1. The van der Waals surface area contributed by atoms with Gasteiger partial charge in [0.1, 0.15) is 12.6 Å². The maximum atomic E-state index is 12.0. The van der Waals surface area contributed by atoms with E-state index in [1.54, 1.807) is 12.2 Å². The number of carbonyl (C=O) groups excluding carboxylic acids is 2. The molecule has 1 rings (SSSR count). The molecule has 1 aliphatic rings. The van der Waals surface area contributed by atoms with Crippen LogP contribution < -0.4 is 5.32 Å². The second kappa shape index (κ2) is 6.63. The molecule has 1 saturated heterocycles. The molecule has 0 spiro atoms. The molecule has 110 valence electrons. The van der Waals surface area contributed by atoms with Crippen molar-refractivity contribution in [3.8, 4) is 0 Å². The van der Waals surface area contributed by atoms with Gasteiger partial charge < -0.3 is 15.0 Å². The van der Waals surface area contributed by atoms with Gasteiger partial charge in [-0.05, 0) is 26.2 Å². The molecule has 0 bridgehead atoms. The number of rotatable bonds is 3. The fourth-order valence-corrected chi connectivity index (χ4v) is 1.94. The summed E-state index contributed by atoms with van der Waals surface area (Å²) in [5.74, 6) is -0.565. The lowest BCUT2D eigenvalue weighted by atomic mass is 10.0. The van der Waals surface area contributed by atoms with Gasteiger partial charge in [0.15, 0.2) is 0 Å². The molecule has 1 N–H and O–H groups in total. The lowest BCUT2D eigenvalue weighted by Gasteiger charge is -2.34. The van der Waals surface area contributed by atoms with Crippen LogP contribution in [0.4, 0.5) is 18.0 Å². The smallest absolute Gasteiger partial charge is 0.405 e. The predicted molar refractivity (Wildman–Crippen MR) is 60.4 cm³/mol.